The molecule has 5 fully saturated rings. The van der Waals surface area contributed by atoms with Crippen LogP contribution in [-0.2, 0) is 9.47 Å². The molecule has 0 aromatic carbocycles. The van der Waals surface area contributed by atoms with Gasteiger partial charge in [-0.2, -0.15) is 0 Å². The van der Waals surface area contributed by atoms with Gasteiger partial charge in [0, 0.05) is 12.3 Å². The van der Waals surface area contributed by atoms with E-state index in [9.17, 15) is 0 Å². The van der Waals surface area contributed by atoms with E-state index in [-0.39, 0.29) is 11.9 Å². The Labute approximate surface area is 73.2 Å². The molecule has 5 rings (SSSR count). The third kappa shape index (κ3) is 0.647. The van der Waals surface area contributed by atoms with Crippen molar-refractivity contribution < 1.29 is 9.47 Å². The Balaban J connectivity index is 2.01. The van der Waals surface area contributed by atoms with E-state index in [1.165, 1.54) is 6.42 Å². The molecule has 0 amide bonds. The van der Waals surface area contributed by atoms with Gasteiger partial charge in [0.05, 0.1) is 11.7 Å². The average molecular weight is 168 g/mol. The van der Waals surface area contributed by atoms with Gasteiger partial charge in [0.25, 0.3) is 0 Å². The highest BCUT2D eigenvalue weighted by Gasteiger charge is 2.66. The maximum atomic E-state index is 5.82. The highest BCUT2D eigenvalue weighted by Crippen LogP contribution is 2.64. The zero-order valence-electron chi connectivity index (χ0n) is 7.96. The van der Waals surface area contributed by atoms with Crippen LogP contribution in [0.5, 0.6) is 0 Å². The van der Waals surface area contributed by atoms with Crippen LogP contribution in [0.1, 0.15) is 33.6 Å². The highest BCUT2D eigenvalue weighted by atomic mass is 16.7. The molecular weight excluding hydrogens is 152 g/mol. The van der Waals surface area contributed by atoms with E-state index < -0.39 is 0 Å². The maximum absolute atomic E-state index is 5.82. The van der Waals surface area contributed by atoms with Crippen LogP contribution in [0.4, 0.5) is 0 Å². The minimum atomic E-state index is 0.0544. The van der Waals surface area contributed by atoms with Crippen molar-refractivity contribution in [2.75, 3.05) is 0 Å². The molecule has 0 aromatic rings. The van der Waals surface area contributed by atoms with E-state index in [2.05, 4.69) is 20.8 Å². The van der Waals surface area contributed by atoms with Gasteiger partial charge in [-0.25, -0.2) is 0 Å². The van der Waals surface area contributed by atoms with Crippen LogP contribution < -0.4 is 0 Å². The third-order valence-corrected chi connectivity index (χ3v) is 3.93. The number of fused-ring (bicyclic) bond motifs is 1. The summed E-state index contributed by atoms with van der Waals surface area (Å²) in [6, 6.07) is 0. The van der Waals surface area contributed by atoms with Crippen LogP contribution in [-0.4, -0.2) is 18.0 Å². The first-order valence-electron chi connectivity index (χ1n) is 4.85. The second-order valence-corrected chi connectivity index (χ2v) is 5.37. The van der Waals surface area contributed by atoms with E-state index in [1.54, 1.807) is 0 Å². The van der Waals surface area contributed by atoms with Crippen molar-refractivity contribution in [1.82, 2.24) is 0 Å². The first-order chi connectivity index (χ1) is 5.51. The molecule has 4 saturated heterocycles. The zero-order chi connectivity index (χ0) is 8.56. The van der Waals surface area contributed by atoms with Crippen LogP contribution in [0.2, 0.25) is 0 Å². The van der Waals surface area contributed by atoms with Crippen molar-refractivity contribution in [3.63, 3.8) is 0 Å². The van der Waals surface area contributed by atoms with Crippen molar-refractivity contribution in [3.05, 3.63) is 0 Å². The Hall–Kier alpha value is -0.0800. The SMILES string of the molecule is CC1(C)O[C@@H]2C[C@@]3(C)C[C@@H](O2)[C@@H]13. The molecule has 0 unspecified atom stereocenters. The molecule has 5 aliphatic rings. The van der Waals surface area contributed by atoms with Gasteiger partial charge in [-0.05, 0) is 25.7 Å². The lowest BCUT2D eigenvalue weighted by atomic mass is 9.50. The molecule has 0 radical (unpaired) electrons. The molecule has 2 heteroatoms. The van der Waals surface area contributed by atoms with Gasteiger partial charge in [-0.1, -0.05) is 6.92 Å². The van der Waals surface area contributed by atoms with Crippen molar-refractivity contribution in [1.29, 1.82) is 0 Å². The van der Waals surface area contributed by atoms with Crippen LogP contribution in [0.3, 0.4) is 0 Å². The summed E-state index contributed by atoms with van der Waals surface area (Å²) in [7, 11) is 0. The van der Waals surface area contributed by atoms with Crippen LogP contribution in [0.25, 0.3) is 0 Å². The van der Waals surface area contributed by atoms with E-state index in [4.69, 9.17) is 9.47 Å². The molecule has 2 nitrogen and oxygen atoms in total. The predicted octanol–water partition coefficient (Wildman–Crippen LogP) is 1.94. The topological polar surface area (TPSA) is 18.5 Å². The fourth-order valence-corrected chi connectivity index (χ4v) is 3.72. The Morgan fingerprint density at radius 2 is 1.92 bits per heavy atom. The summed E-state index contributed by atoms with van der Waals surface area (Å²) in [5, 5.41) is 0. The first-order valence-corrected chi connectivity index (χ1v) is 4.85. The second kappa shape index (κ2) is 1.73. The number of hydrogen-bond donors (Lipinski definition) is 0. The number of ether oxygens (including phenoxy) is 2. The summed E-state index contributed by atoms with van der Waals surface area (Å²) in [5.41, 5.74) is 0.578. The van der Waals surface area contributed by atoms with Gasteiger partial charge in [-0.15, -0.1) is 0 Å². The Bertz CT molecular complexity index is 220. The smallest absolute Gasteiger partial charge is 0.159 e. The summed E-state index contributed by atoms with van der Waals surface area (Å²) >= 11 is 0. The largest absolute Gasteiger partial charge is 0.349 e. The Kier molecular flexibility index (Phi) is 1.06. The van der Waals surface area contributed by atoms with Crippen LogP contribution in [0, 0.1) is 11.3 Å². The van der Waals surface area contributed by atoms with Gasteiger partial charge >= 0.3 is 0 Å². The average Bonchev–Trinajstić information content (AvgIpc) is 1.78. The van der Waals surface area contributed by atoms with Gasteiger partial charge in [-0.3, -0.25) is 0 Å². The van der Waals surface area contributed by atoms with Gasteiger partial charge in [0.15, 0.2) is 6.29 Å². The highest BCUT2D eigenvalue weighted by molar-refractivity contribution is 5.12. The Morgan fingerprint density at radius 1 is 1.17 bits per heavy atom. The number of rotatable bonds is 0. The van der Waals surface area contributed by atoms with Gasteiger partial charge in [0.1, 0.15) is 0 Å². The number of hydrogen-bond acceptors (Lipinski definition) is 2. The van der Waals surface area contributed by atoms with Crippen molar-refractivity contribution in [2.24, 2.45) is 11.3 Å². The fourth-order valence-electron chi connectivity index (χ4n) is 3.72. The molecular formula is C10H16O2. The normalized spacial score (nSPS) is 59.8. The van der Waals surface area contributed by atoms with E-state index >= 15 is 0 Å². The minimum absolute atomic E-state index is 0.0544. The van der Waals surface area contributed by atoms with E-state index in [0.29, 0.717) is 17.4 Å². The molecule has 4 heterocycles. The molecule has 4 atom stereocenters. The summed E-state index contributed by atoms with van der Waals surface area (Å²) < 4.78 is 11.5. The van der Waals surface area contributed by atoms with E-state index in [1.807, 2.05) is 0 Å². The van der Waals surface area contributed by atoms with Crippen molar-refractivity contribution in [2.45, 2.75) is 51.6 Å². The third-order valence-electron chi connectivity index (χ3n) is 3.93. The predicted molar refractivity (Wildman–Crippen MR) is 44.7 cm³/mol. The minimum Gasteiger partial charge on any atom is -0.349 e. The molecule has 0 aromatic heterocycles. The van der Waals surface area contributed by atoms with Crippen LogP contribution in [0.15, 0.2) is 0 Å². The van der Waals surface area contributed by atoms with E-state index in [0.717, 1.165) is 6.42 Å². The lowest BCUT2D eigenvalue weighted by Crippen LogP contribution is -2.71. The molecule has 0 N–H and O–H groups in total. The zero-order valence-corrected chi connectivity index (χ0v) is 7.96. The molecule has 4 aliphatic heterocycles. The summed E-state index contributed by atoms with van der Waals surface area (Å²) in [6.45, 7) is 6.79. The quantitative estimate of drug-likeness (QED) is 0.550. The van der Waals surface area contributed by atoms with Crippen molar-refractivity contribution in [3.8, 4) is 0 Å². The van der Waals surface area contributed by atoms with Gasteiger partial charge < -0.3 is 9.47 Å². The lowest BCUT2D eigenvalue weighted by Gasteiger charge is -2.68. The first kappa shape index (κ1) is 7.34. The monoisotopic (exact) mass is 168 g/mol. The molecule has 1 saturated carbocycles. The molecule has 12 heavy (non-hydrogen) atoms. The molecule has 68 valence electrons. The fraction of sp³-hybridized carbons (Fsp3) is 1.00. The molecule has 1 aliphatic carbocycles. The summed E-state index contributed by atoms with van der Waals surface area (Å²) in [6.07, 6.45) is 2.95. The maximum Gasteiger partial charge on any atom is 0.159 e. The summed E-state index contributed by atoms with van der Waals surface area (Å²) in [4.78, 5) is 0. The molecule has 0 spiro atoms. The van der Waals surface area contributed by atoms with Crippen LogP contribution >= 0.6 is 0 Å². The Morgan fingerprint density at radius 3 is 2.33 bits per heavy atom. The second-order valence-electron chi connectivity index (χ2n) is 5.37. The van der Waals surface area contributed by atoms with Gasteiger partial charge in [0.2, 0.25) is 0 Å². The lowest BCUT2D eigenvalue weighted by molar-refractivity contribution is -0.414. The van der Waals surface area contributed by atoms with Crippen molar-refractivity contribution >= 4 is 0 Å². The standard InChI is InChI=1S/C10H16O2/c1-9(2)8-6-4-10(8,3)5-7(11-6)12-9/h6-8H,4-5H2,1-3H3/t6-,7-,8+,10-/m1/s1. The molecule has 4 bridgehead atoms. The summed E-state index contributed by atoms with van der Waals surface area (Å²) in [5.74, 6) is 0.634.